The number of aryl methyl sites for hydroxylation is 1. The van der Waals surface area contributed by atoms with Crippen molar-refractivity contribution in [2.24, 2.45) is 7.05 Å². The standard InChI is InChI=1S/C18H18N2O5/c1-19-14-4-2-3-5-15(14)20(18(19)22)9-12(21)10-23-13-6-7-16-17(8-13)25-11-24-16/h2-8,12,21H,9-11H2,1H3/t12-/m0/s1. The van der Waals surface area contributed by atoms with Crippen molar-refractivity contribution in [2.45, 2.75) is 12.6 Å². The Balaban J connectivity index is 1.47. The fraction of sp³-hybridized carbons (Fsp3) is 0.278. The maximum Gasteiger partial charge on any atom is 0.328 e. The van der Waals surface area contributed by atoms with E-state index in [1.165, 1.54) is 0 Å². The largest absolute Gasteiger partial charge is 0.491 e. The molecule has 1 aromatic heterocycles. The highest BCUT2D eigenvalue weighted by Crippen LogP contribution is 2.35. The van der Waals surface area contributed by atoms with Crippen molar-refractivity contribution in [3.05, 3.63) is 52.9 Å². The fourth-order valence-corrected chi connectivity index (χ4v) is 2.96. The molecule has 2 heterocycles. The zero-order valence-corrected chi connectivity index (χ0v) is 13.7. The fourth-order valence-electron chi connectivity index (χ4n) is 2.96. The maximum atomic E-state index is 12.4. The van der Waals surface area contributed by atoms with Gasteiger partial charge in [0.2, 0.25) is 6.79 Å². The van der Waals surface area contributed by atoms with E-state index in [2.05, 4.69) is 0 Å². The number of imidazole rings is 1. The molecule has 130 valence electrons. The smallest absolute Gasteiger partial charge is 0.328 e. The van der Waals surface area contributed by atoms with Gasteiger partial charge in [0.15, 0.2) is 11.5 Å². The first-order valence-corrected chi connectivity index (χ1v) is 7.98. The molecule has 0 radical (unpaired) electrons. The zero-order valence-electron chi connectivity index (χ0n) is 13.7. The van der Waals surface area contributed by atoms with Crippen molar-refractivity contribution >= 4 is 11.0 Å². The van der Waals surface area contributed by atoms with Crippen molar-refractivity contribution < 1.29 is 19.3 Å². The summed E-state index contributed by atoms with van der Waals surface area (Å²) >= 11 is 0. The summed E-state index contributed by atoms with van der Waals surface area (Å²) in [5.74, 6) is 1.88. The number of rotatable bonds is 5. The summed E-state index contributed by atoms with van der Waals surface area (Å²) in [6.07, 6.45) is -0.825. The number of aliphatic hydroxyl groups excluding tert-OH is 1. The highest BCUT2D eigenvalue weighted by atomic mass is 16.7. The van der Waals surface area contributed by atoms with Crippen LogP contribution in [-0.4, -0.2) is 33.7 Å². The van der Waals surface area contributed by atoms with Crippen LogP contribution in [0, 0.1) is 0 Å². The Hall–Kier alpha value is -2.93. The average molecular weight is 342 g/mol. The van der Waals surface area contributed by atoms with E-state index in [1.807, 2.05) is 24.3 Å². The van der Waals surface area contributed by atoms with Gasteiger partial charge in [-0.2, -0.15) is 0 Å². The highest BCUT2D eigenvalue weighted by Gasteiger charge is 2.16. The summed E-state index contributed by atoms with van der Waals surface area (Å²) in [7, 11) is 1.72. The molecule has 0 spiro atoms. The Morgan fingerprint density at radius 2 is 1.92 bits per heavy atom. The number of hydrogen-bond donors (Lipinski definition) is 1. The lowest BCUT2D eigenvalue weighted by Gasteiger charge is -2.13. The maximum absolute atomic E-state index is 12.4. The predicted molar refractivity (Wildman–Crippen MR) is 91.2 cm³/mol. The van der Waals surface area contributed by atoms with Crippen LogP contribution >= 0.6 is 0 Å². The zero-order chi connectivity index (χ0) is 17.4. The third-order valence-corrected chi connectivity index (χ3v) is 4.23. The number of nitrogens with zero attached hydrogens (tertiary/aromatic N) is 2. The quantitative estimate of drug-likeness (QED) is 0.761. The Labute approximate surface area is 143 Å². The van der Waals surface area contributed by atoms with Crippen LogP contribution in [-0.2, 0) is 13.6 Å². The molecule has 1 atom stereocenters. The first kappa shape index (κ1) is 15.6. The van der Waals surface area contributed by atoms with Crippen LogP contribution < -0.4 is 19.9 Å². The van der Waals surface area contributed by atoms with Crippen LogP contribution in [0.3, 0.4) is 0 Å². The summed E-state index contributed by atoms with van der Waals surface area (Å²) in [5, 5.41) is 10.3. The molecule has 0 bridgehead atoms. The minimum Gasteiger partial charge on any atom is -0.491 e. The van der Waals surface area contributed by atoms with E-state index in [4.69, 9.17) is 14.2 Å². The number of para-hydroxylation sites is 2. The first-order chi connectivity index (χ1) is 12.1. The van der Waals surface area contributed by atoms with E-state index in [0.717, 1.165) is 11.0 Å². The van der Waals surface area contributed by atoms with Gasteiger partial charge in [0.1, 0.15) is 18.5 Å². The van der Waals surface area contributed by atoms with E-state index >= 15 is 0 Å². The van der Waals surface area contributed by atoms with Gasteiger partial charge in [-0.25, -0.2) is 4.79 Å². The molecule has 0 fully saturated rings. The van der Waals surface area contributed by atoms with Gasteiger partial charge >= 0.3 is 5.69 Å². The molecule has 0 unspecified atom stereocenters. The summed E-state index contributed by atoms with van der Waals surface area (Å²) in [5.41, 5.74) is 1.46. The summed E-state index contributed by atoms with van der Waals surface area (Å²) in [6, 6.07) is 12.7. The minimum atomic E-state index is -0.825. The molecule has 7 nitrogen and oxygen atoms in total. The van der Waals surface area contributed by atoms with Crippen molar-refractivity contribution in [1.29, 1.82) is 0 Å². The van der Waals surface area contributed by atoms with Crippen LogP contribution in [0.2, 0.25) is 0 Å². The van der Waals surface area contributed by atoms with Crippen LogP contribution in [0.4, 0.5) is 0 Å². The predicted octanol–water partition coefficient (Wildman–Crippen LogP) is 1.51. The molecule has 25 heavy (non-hydrogen) atoms. The van der Waals surface area contributed by atoms with Gasteiger partial charge in [0, 0.05) is 13.1 Å². The molecule has 0 aliphatic carbocycles. The third kappa shape index (κ3) is 2.83. The van der Waals surface area contributed by atoms with Gasteiger partial charge in [-0.3, -0.25) is 9.13 Å². The lowest BCUT2D eigenvalue weighted by molar-refractivity contribution is 0.0924. The lowest BCUT2D eigenvalue weighted by atomic mass is 10.3. The van der Waals surface area contributed by atoms with E-state index in [1.54, 1.807) is 34.4 Å². The molecule has 3 aromatic rings. The van der Waals surface area contributed by atoms with Gasteiger partial charge in [0.05, 0.1) is 17.6 Å². The minimum absolute atomic E-state index is 0.0648. The SMILES string of the molecule is Cn1c(=O)n(C[C@H](O)COc2ccc3c(c2)OCO3)c2ccccc21. The van der Waals surface area contributed by atoms with Gasteiger partial charge in [0.25, 0.3) is 0 Å². The molecule has 1 aliphatic rings. The Bertz CT molecular complexity index is 975. The number of ether oxygens (including phenoxy) is 3. The second kappa shape index (κ2) is 6.18. The molecular weight excluding hydrogens is 324 g/mol. The van der Waals surface area contributed by atoms with Crippen LogP contribution in [0.5, 0.6) is 17.2 Å². The van der Waals surface area contributed by atoms with Crippen molar-refractivity contribution in [3.63, 3.8) is 0 Å². The molecule has 7 heteroatoms. The first-order valence-electron chi connectivity index (χ1n) is 7.98. The van der Waals surface area contributed by atoms with Crippen molar-refractivity contribution in [3.8, 4) is 17.2 Å². The van der Waals surface area contributed by atoms with Gasteiger partial charge in [-0.05, 0) is 24.3 Å². The molecule has 0 saturated carbocycles. The summed E-state index contributed by atoms with van der Waals surface area (Å²) in [4.78, 5) is 12.4. The number of fused-ring (bicyclic) bond motifs is 2. The van der Waals surface area contributed by atoms with Gasteiger partial charge < -0.3 is 19.3 Å². The summed E-state index contributed by atoms with van der Waals surface area (Å²) < 4.78 is 19.3. The Morgan fingerprint density at radius 1 is 1.16 bits per heavy atom. The van der Waals surface area contributed by atoms with E-state index in [-0.39, 0.29) is 25.6 Å². The number of aliphatic hydroxyl groups is 1. The average Bonchev–Trinajstić information content (AvgIpc) is 3.19. The second-order valence-electron chi connectivity index (χ2n) is 5.92. The molecule has 2 aromatic carbocycles. The summed E-state index contributed by atoms with van der Waals surface area (Å²) in [6.45, 7) is 0.422. The monoisotopic (exact) mass is 342 g/mol. The van der Waals surface area contributed by atoms with E-state index in [9.17, 15) is 9.90 Å². The van der Waals surface area contributed by atoms with Crippen LogP contribution in [0.15, 0.2) is 47.3 Å². The molecule has 0 amide bonds. The van der Waals surface area contributed by atoms with Crippen molar-refractivity contribution in [2.75, 3.05) is 13.4 Å². The van der Waals surface area contributed by atoms with Gasteiger partial charge in [-0.15, -0.1) is 0 Å². The molecule has 0 saturated heterocycles. The molecule has 1 aliphatic heterocycles. The number of aromatic nitrogens is 2. The van der Waals surface area contributed by atoms with E-state index in [0.29, 0.717) is 17.2 Å². The van der Waals surface area contributed by atoms with Crippen LogP contribution in [0.25, 0.3) is 11.0 Å². The molecule has 4 rings (SSSR count). The Kier molecular flexibility index (Phi) is 3.85. The topological polar surface area (TPSA) is 74.9 Å². The third-order valence-electron chi connectivity index (χ3n) is 4.23. The Morgan fingerprint density at radius 3 is 2.76 bits per heavy atom. The van der Waals surface area contributed by atoms with Gasteiger partial charge in [-0.1, -0.05) is 12.1 Å². The number of hydrogen-bond acceptors (Lipinski definition) is 5. The number of benzene rings is 2. The normalized spacial score (nSPS) is 14.0. The van der Waals surface area contributed by atoms with E-state index < -0.39 is 6.10 Å². The van der Waals surface area contributed by atoms with Crippen molar-refractivity contribution in [1.82, 2.24) is 9.13 Å². The second-order valence-corrected chi connectivity index (χ2v) is 5.92. The van der Waals surface area contributed by atoms with Crippen LogP contribution in [0.1, 0.15) is 0 Å². The highest BCUT2D eigenvalue weighted by molar-refractivity contribution is 5.75. The molecular formula is C18H18N2O5. The molecule has 1 N–H and O–H groups in total. The lowest BCUT2D eigenvalue weighted by Crippen LogP contribution is -2.30.